The maximum atomic E-state index is 12.0. The monoisotopic (exact) mass is 308 g/mol. The number of rotatable bonds is 1. The minimum atomic E-state index is -0.906. The number of aromatic nitrogens is 1. The Bertz CT molecular complexity index is 1030. The van der Waals surface area contributed by atoms with Crippen molar-refractivity contribution >= 4 is 46.1 Å². The molecule has 2 aromatic rings. The van der Waals surface area contributed by atoms with E-state index in [1.807, 2.05) is 10.6 Å². The van der Waals surface area contributed by atoms with E-state index < -0.39 is 17.8 Å². The topological polar surface area (TPSA) is 132 Å². The Hall–Kier alpha value is -3.73. The lowest BCUT2D eigenvalue weighted by atomic mass is 10.1. The lowest BCUT2D eigenvalue weighted by Gasteiger charge is -2.13. The average molecular weight is 308 g/mol. The molecule has 0 aliphatic carbocycles. The van der Waals surface area contributed by atoms with Crippen molar-refractivity contribution in [2.24, 2.45) is 0 Å². The van der Waals surface area contributed by atoms with Gasteiger partial charge in [0.05, 0.1) is 10.7 Å². The van der Waals surface area contributed by atoms with Crippen LogP contribution in [0.3, 0.4) is 0 Å². The average Bonchev–Trinajstić information content (AvgIpc) is 2.88. The van der Waals surface area contributed by atoms with E-state index in [4.69, 9.17) is 5.26 Å². The predicted molar refractivity (Wildman–Crippen MR) is 77.7 cm³/mol. The van der Waals surface area contributed by atoms with Crippen molar-refractivity contribution in [1.29, 1.82) is 5.26 Å². The number of urea groups is 1. The molecule has 3 N–H and O–H groups in total. The smallest absolute Gasteiger partial charge is 0.328 e. The van der Waals surface area contributed by atoms with E-state index in [9.17, 15) is 19.2 Å². The fraction of sp³-hybridized carbons (Fsp3) is 0. The van der Waals surface area contributed by atoms with Crippen LogP contribution in [0.25, 0.3) is 21.9 Å². The van der Waals surface area contributed by atoms with Crippen molar-refractivity contribution in [3.05, 3.63) is 35.0 Å². The van der Waals surface area contributed by atoms with Gasteiger partial charge in [-0.1, -0.05) is 24.3 Å². The molecule has 0 atom stereocenters. The molecule has 1 fully saturated rings. The van der Waals surface area contributed by atoms with Gasteiger partial charge in [-0.05, 0) is 0 Å². The van der Waals surface area contributed by atoms with Crippen LogP contribution >= 0.6 is 0 Å². The predicted octanol–water partition coefficient (Wildman–Crippen LogP) is -1.44. The number of aldehydes is 1. The first kappa shape index (κ1) is 14.2. The highest BCUT2D eigenvalue weighted by Gasteiger charge is 2.29. The Kier molecular flexibility index (Phi) is 3.23. The number of nitrogens with one attached hydrogen (secondary N) is 3. The van der Waals surface area contributed by atoms with E-state index in [2.05, 4.69) is 4.98 Å². The van der Waals surface area contributed by atoms with Crippen LogP contribution in [0.15, 0.2) is 24.3 Å². The summed E-state index contributed by atoms with van der Waals surface area (Å²) in [4.78, 5) is 48.9. The number of H-pyrrole nitrogens is 1. The molecule has 112 valence electrons. The molecule has 0 saturated carbocycles. The summed E-state index contributed by atoms with van der Waals surface area (Å²) in [5.74, 6) is -1.72. The normalized spacial score (nSPS) is 15.8. The summed E-state index contributed by atoms with van der Waals surface area (Å²) in [6.07, 6.45) is 0.386. The SMILES string of the molecule is N#C/C(C=O)=c1/[nH]c(=C2C(=O)NC(=O)NC2=O)c2ccccc12. The van der Waals surface area contributed by atoms with Crippen LogP contribution in [0.4, 0.5) is 4.79 Å². The van der Waals surface area contributed by atoms with Crippen LogP contribution in [0.5, 0.6) is 0 Å². The molecule has 0 radical (unpaired) electrons. The van der Waals surface area contributed by atoms with Gasteiger partial charge in [-0.3, -0.25) is 25.0 Å². The minimum Gasteiger partial charge on any atom is -0.353 e. The number of amides is 4. The second-order valence-corrected chi connectivity index (χ2v) is 4.68. The van der Waals surface area contributed by atoms with Gasteiger partial charge in [0.25, 0.3) is 11.8 Å². The van der Waals surface area contributed by atoms with Crippen molar-refractivity contribution in [1.82, 2.24) is 15.6 Å². The summed E-state index contributed by atoms with van der Waals surface area (Å²) in [6, 6.07) is 7.51. The summed E-state index contributed by atoms with van der Waals surface area (Å²) in [5.41, 5.74) is -0.462. The maximum Gasteiger partial charge on any atom is 0.328 e. The Labute approximate surface area is 128 Å². The van der Waals surface area contributed by atoms with E-state index in [1.165, 1.54) is 0 Å². The summed E-state index contributed by atoms with van der Waals surface area (Å²) in [6.45, 7) is 0. The van der Waals surface area contributed by atoms with Crippen LogP contribution in [-0.4, -0.2) is 29.1 Å². The molecule has 4 amide bonds. The first-order valence-corrected chi connectivity index (χ1v) is 6.44. The van der Waals surface area contributed by atoms with Gasteiger partial charge in [0.15, 0.2) is 6.29 Å². The number of carbonyl (C=O) groups is 4. The quantitative estimate of drug-likeness (QED) is 0.555. The van der Waals surface area contributed by atoms with Gasteiger partial charge in [0, 0.05) is 10.8 Å². The summed E-state index contributed by atoms with van der Waals surface area (Å²) in [7, 11) is 0. The first-order chi connectivity index (χ1) is 11.1. The summed E-state index contributed by atoms with van der Waals surface area (Å²) >= 11 is 0. The van der Waals surface area contributed by atoms with Crippen LogP contribution in [0.2, 0.25) is 0 Å². The van der Waals surface area contributed by atoms with E-state index in [0.717, 1.165) is 0 Å². The number of imide groups is 2. The Morgan fingerprint density at radius 2 is 1.65 bits per heavy atom. The van der Waals surface area contributed by atoms with Crippen molar-refractivity contribution < 1.29 is 19.2 Å². The van der Waals surface area contributed by atoms with Crippen LogP contribution in [-0.2, 0) is 14.4 Å². The zero-order valence-electron chi connectivity index (χ0n) is 11.5. The molecule has 23 heavy (non-hydrogen) atoms. The third-order valence-corrected chi connectivity index (χ3v) is 3.38. The second kappa shape index (κ2) is 5.23. The molecule has 1 aromatic heterocycles. The number of carbonyl (C=O) groups excluding carboxylic acids is 4. The highest BCUT2D eigenvalue weighted by Crippen LogP contribution is 2.08. The van der Waals surface area contributed by atoms with Gasteiger partial charge in [-0.25, -0.2) is 4.79 Å². The van der Waals surface area contributed by atoms with Crippen molar-refractivity contribution in [2.75, 3.05) is 0 Å². The van der Waals surface area contributed by atoms with Gasteiger partial charge >= 0.3 is 6.03 Å². The van der Waals surface area contributed by atoms with Crippen molar-refractivity contribution in [3.8, 4) is 6.07 Å². The highest BCUT2D eigenvalue weighted by molar-refractivity contribution is 6.46. The molecule has 1 aliphatic rings. The molecule has 1 saturated heterocycles. The molecule has 8 nitrogen and oxygen atoms in total. The summed E-state index contributed by atoms with van der Waals surface area (Å²) < 4.78 is 0. The summed E-state index contributed by atoms with van der Waals surface area (Å²) in [5, 5.41) is 14.3. The highest BCUT2D eigenvalue weighted by atomic mass is 16.2. The minimum absolute atomic E-state index is 0.132. The lowest BCUT2D eigenvalue weighted by molar-refractivity contribution is -0.121. The molecule has 2 heterocycles. The number of aromatic amines is 1. The molecule has 1 aliphatic heterocycles. The Balaban J connectivity index is 2.53. The number of nitriles is 1. The molecule has 8 heteroatoms. The zero-order chi connectivity index (χ0) is 16.6. The number of hydrogen-bond donors (Lipinski definition) is 3. The standard InChI is InChI=1S/C15H8N4O4/c16-5-7(6-20)11-8-3-1-2-4-9(8)12(17-11)10-13(21)18-15(23)19-14(10)22/h1-4,6,17H,(H2,18,19,21,22,23)/b11-7-. The molecular weight excluding hydrogens is 300 g/mol. The maximum absolute atomic E-state index is 12.0. The number of nitrogens with zero attached hydrogens (tertiary/aromatic N) is 1. The van der Waals surface area contributed by atoms with Crippen LogP contribution < -0.4 is 21.3 Å². The second-order valence-electron chi connectivity index (χ2n) is 4.68. The van der Waals surface area contributed by atoms with Gasteiger partial charge in [-0.2, -0.15) is 5.26 Å². The fourth-order valence-corrected chi connectivity index (χ4v) is 2.42. The van der Waals surface area contributed by atoms with Crippen molar-refractivity contribution in [3.63, 3.8) is 0 Å². The van der Waals surface area contributed by atoms with E-state index in [0.29, 0.717) is 17.1 Å². The van der Waals surface area contributed by atoms with Gasteiger partial charge < -0.3 is 4.98 Å². The van der Waals surface area contributed by atoms with E-state index >= 15 is 0 Å². The zero-order valence-corrected chi connectivity index (χ0v) is 11.5. The lowest BCUT2D eigenvalue weighted by Crippen LogP contribution is -2.52. The Morgan fingerprint density at radius 3 is 2.22 bits per heavy atom. The molecule has 1 aromatic carbocycles. The third-order valence-electron chi connectivity index (χ3n) is 3.38. The van der Waals surface area contributed by atoms with Crippen LogP contribution in [0, 0.1) is 11.3 Å². The van der Waals surface area contributed by atoms with E-state index in [1.54, 1.807) is 30.3 Å². The number of benzene rings is 1. The van der Waals surface area contributed by atoms with E-state index in [-0.39, 0.29) is 21.8 Å². The molecule has 0 unspecified atom stereocenters. The van der Waals surface area contributed by atoms with Gasteiger partial charge in [0.1, 0.15) is 17.2 Å². The van der Waals surface area contributed by atoms with Crippen LogP contribution in [0.1, 0.15) is 0 Å². The van der Waals surface area contributed by atoms with Gasteiger partial charge in [-0.15, -0.1) is 0 Å². The largest absolute Gasteiger partial charge is 0.353 e. The Morgan fingerprint density at radius 1 is 1.04 bits per heavy atom. The fourth-order valence-electron chi connectivity index (χ4n) is 2.42. The molecule has 0 spiro atoms. The molecular formula is C15H8N4O4. The number of hydrogen-bond acceptors (Lipinski definition) is 5. The first-order valence-electron chi connectivity index (χ1n) is 6.44. The molecule has 0 bridgehead atoms. The molecule has 3 rings (SSSR count). The van der Waals surface area contributed by atoms with Gasteiger partial charge in [0.2, 0.25) is 0 Å². The number of fused-ring (bicyclic) bond motifs is 1. The van der Waals surface area contributed by atoms with Crippen molar-refractivity contribution in [2.45, 2.75) is 0 Å². The number of barbiturate groups is 1. The third kappa shape index (κ3) is 2.16.